The largest absolute Gasteiger partial charge is 0.480 e. The van der Waals surface area contributed by atoms with Gasteiger partial charge in [0.1, 0.15) is 6.04 Å². The van der Waals surface area contributed by atoms with Crippen LogP contribution >= 0.6 is 0 Å². The number of aliphatic hydroxyl groups is 1. The van der Waals surface area contributed by atoms with Gasteiger partial charge in [0.25, 0.3) is 0 Å². The van der Waals surface area contributed by atoms with E-state index in [4.69, 9.17) is 10.2 Å². The third-order valence-electron chi connectivity index (χ3n) is 2.58. The molecule has 0 rings (SSSR count). The zero-order valence-corrected chi connectivity index (χ0v) is 11.3. The van der Waals surface area contributed by atoms with Crippen molar-refractivity contribution in [2.75, 3.05) is 6.61 Å². The molecule has 0 spiro atoms. The fourth-order valence-electron chi connectivity index (χ4n) is 1.47. The highest BCUT2D eigenvalue weighted by Gasteiger charge is 2.19. The summed E-state index contributed by atoms with van der Waals surface area (Å²) in [5.41, 5.74) is 0. The molecular formula is C12H24N2O4. The van der Waals surface area contributed by atoms with Gasteiger partial charge in [-0.15, -0.1) is 0 Å². The Labute approximate surface area is 108 Å². The topological polar surface area (TPSA) is 98.7 Å². The van der Waals surface area contributed by atoms with Gasteiger partial charge in [0.2, 0.25) is 0 Å². The zero-order valence-electron chi connectivity index (χ0n) is 11.3. The third-order valence-corrected chi connectivity index (χ3v) is 2.58. The number of amides is 2. The summed E-state index contributed by atoms with van der Waals surface area (Å²) in [7, 11) is 0. The summed E-state index contributed by atoms with van der Waals surface area (Å²) < 4.78 is 0. The van der Waals surface area contributed by atoms with E-state index in [1.807, 2.05) is 6.92 Å². The highest BCUT2D eigenvalue weighted by atomic mass is 16.4. The van der Waals surface area contributed by atoms with Crippen molar-refractivity contribution < 1.29 is 19.8 Å². The van der Waals surface area contributed by atoms with Gasteiger partial charge in [0.05, 0.1) is 0 Å². The van der Waals surface area contributed by atoms with Crippen molar-refractivity contribution in [1.29, 1.82) is 0 Å². The van der Waals surface area contributed by atoms with E-state index in [2.05, 4.69) is 24.5 Å². The first-order valence-electron chi connectivity index (χ1n) is 6.27. The monoisotopic (exact) mass is 260 g/mol. The summed E-state index contributed by atoms with van der Waals surface area (Å²) in [5, 5.41) is 22.5. The first kappa shape index (κ1) is 16.7. The number of hydrogen-bond acceptors (Lipinski definition) is 3. The molecule has 0 aliphatic heterocycles. The number of hydrogen-bond donors (Lipinski definition) is 4. The molecule has 0 heterocycles. The maximum Gasteiger partial charge on any atom is 0.326 e. The van der Waals surface area contributed by atoms with Gasteiger partial charge in [0.15, 0.2) is 0 Å². The Morgan fingerprint density at radius 1 is 1.06 bits per heavy atom. The molecule has 0 aromatic carbocycles. The van der Waals surface area contributed by atoms with Crippen LogP contribution in [0.1, 0.15) is 40.0 Å². The van der Waals surface area contributed by atoms with Crippen LogP contribution in [-0.2, 0) is 4.79 Å². The maximum absolute atomic E-state index is 11.5. The van der Waals surface area contributed by atoms with Gasteiger partial charge in [-0.3, -0.25) is 0 Å². The highest BCUT2D eigenvalue weighted by Crippen LogP contribution is 2.06. The predicted octanol–water partition coefficient (Wildman–Crippen LogP) is 0.946. The molecule has 0 aliphatic rings. The molecule has 106 valence electrons. The second-order valence-corrected chi connectivity index (χ2v) is 4.89. The van der Waals surface area contributed by atoms with Gasteiger partial charge >= 0.3 is 12.0 Å². The van der Waals surface area contributed by atoms with Crippen molar-refractivity contribution >= 4 is 12.0 Å². The second-order valence-electron chi connectivity index (χ2n) is 4.89. The number of nitrogens with one attached hydrogen (secondary N) is 2. The molecule has 0 saturated heterocycles. The van der Waals surface area contributed by atoms with Gasteiger partial charge in [-0.2, -0.15) is 0 Å². The minimum atomic E-state index is -1.14. The van der Waals surface area contributed by atoms with Crippen molar-refractivity contribution in [3.8, 4) is 0 Å². The lowest BCUT2D eigenvalue weighted by atomic mass is 10.0. The molecule has 4 N–H and O–H groups in total. The van der Waals surface area contributed by atoms with Crippen molar-refractivity contribution in [2.24, 2.45) is 5.92 Å². The van der Waals surface area contributed by atoms with Crippen molar-refractivity contribution in [1.82, 2.24) is 10.6 Å². The fourth-order valence-corrected chi connectivity index (χ4v) is 1.47. The van der Waals surface area contributed by atoms with E-state index in [1.165, 1.54) is 0 Å². The molecule has 0 bridgehead atoms. The molecule has 2 atom stereocenters. The summed E-state index contributed by atoms with van der Waals surface area (Å²) in [6, 6.07) is -1.56. The molecule has 1 unspecified atom stereocenters. The van der Waals surface area contributed by atoms with Gasteiger partial charge in [-0.05, 0) is 25.7 Å². The number of carbonyl (C=O) groups is 2. The average molecular weight is 260 g/mol. The second kappa shape index (κ2) is 8.74. The van der Waals surface area contributed by atoms with Crippen molar-refractivity contribution in [3.63, 3.8) is 0 Å². The lowest BCUT2D eigenvalue weighted by Gasteiger charge is -2.18. The molecule has 0 saturated carbocycles. The molecule has 18 heavy (non-hydrogen) atoms. The van der Waals surface area contributed by atoms with E-state index in [0.717, 1.165) is 12.8 Å². The number of urea groups is 1. The molecule has 0 aromatic rings. The molecule has 0 aromatic heterocycles. The standard InChI is InChI=1S/C12H24N2O4/c1-8(2)4-5-9(3)13-12(18)14-10(6-7-15)11(16)17/h8-10,15H,4-7H2,1-3H3,(H,16,17)(H2,13,14,18)/t9?,10-/m0/s1. The van der Waals surface area contributed by atoms with Gasteiger partial charge in [-0.25, -0.2) is 9.59 Å². The average Bonchev–Trinajstić information content (AvgIpc) is 2.25. The number of carboxylic acids is 1. The first-order chi connectivity index (χ1) is 8.36. The van der Waals surface area contributed by atoms with E-state index in [1.54, 1.807) is 0 Å². The van der Waals surface area contributed by atoms with E-state index >= 15 is 0 Å². The fraction of sp³-hybridized carbons (Fsp3) is 0.833. The normalized spacial score (nSPS) is 14.1. The number of carboxylic acid groups (broad SMARTS) is 1. The maximum atomic E-state index is 11.5. The molecular weight excluding hydrogens is 236 g/mol. The van der Waals surface area contributed by atoms with Crippen LogP contribution in [0.5, 0.6) is 0 Å². The Hall–Kier alpha value is -1.30. The Kier molecular flexibility index (Phi) is 8.11. The SMILES string of the molecule is CC(C)CCC(C)NC(=O)N[C@@H](CCO)C(=O)O. The summed E-state index contributed by atoms with van der Waals surface area (Å²) >= 11 is 0. The lowest BCUT2D eigenvalue weighted by Crippen LogP contribution is -2.48. The smallest absolute Gasteiger partial charge is 0.326 e. The van der Waals surface area contributed by atoms with Crippen LogP contribution in [0, 0.1) is 5.92 Å². The number of carbonyl (C=O) groups excluding carboxylic acids is 1. The van der Waals surface area contributed by atoms with E-state index in [-0.39, 0.29) is 19.1 Å². The molecule has 2 amide bonds. The zero-order chi connectivity index (χ0) is 14.1. The Balaban J connectivity index is 4.03. The number of aliphatic hydroxyl groups excluding tert-OH is 1. The Bertz CT molecular complexity index is 269. The minimum absolute atomic E-state index is 0.00310. The molecule has 0 radical (unpaired) electrons. The van der Waals surface area contributed by atoms with Crippen molar-refractivity contribution in [2.45, 2.75) is 52.1 Å². The van der Waals surface area contributed by atoms with Gasteiger partial charge in [0, 0.05) is 19.1 Å². The third kappa shape index (κ3) is 7.89. The van der Waals surface area contributed by atoms with Crippen molar-refractivity contribution in [3.05, 3.63) is 0 Å². The van der Waals surface area contributed by atoms with E-state index in [0.29, 0.717) is 5.92 Å². The highest BCUT2D eigenvalue weighted by molar-refractivity contribution is 5.82. The van der Waals surface area contributed by atoms with Crippen LogP contribution in [0.15, 0.2) is 0 Å². The lowest BCUT2D eigenvalue weighted by molar-refractivity contribution is -0.139. The van der Waals surface area contributed by atoms with Gasteiger partial charge < -0.3 is 20.8 Å². The van der Waals surface area contributed by atoms with E-state index in [9.17, 15) is 9.59 Å². The molecule has 6 heteroatoms. The van der Waals surface area contributed by atoms with Crippen LogP contribution in [0.2, 0.25) is 0 Å². The van der Waals surface area contributed by atoms with Crippen LogP contribution < -0.4 is 10.6 Å². The summed E-state index contributed by atoms with van der Waals surface area (Å²) in [5.74, 6) is -0.576. The minimum Gasteiger partial charge on any atom is -0.480 e. The summed E-state index contributed by atoms with van der Waals surface area (Å²) in [6.45, 7) is 5.81. The molecule has 0 fully saturated rings. The number of aliphatic carboxylic acids is 1. The van der Waals surface area contributed by atoms with Crippen LogP contribution in [0.3, 0.4) is 0 Å². The Morgan fingerprint density at radius 3 is 2.11 bits per heavy atom. The quantitative estimate of drug-likeness (QED) is 0.522. The number of rotatable bonds is 8. The van der Waals surface area contributed by atoms with Gasteiger partial charge in [-0.1, -0.05) is 13.8 Å². The summed E-state index contributed by atoms with van der Waals surface area (Å²) in [4.78, 5) is 22.3. The van der Waals surface area contributed by atoms with Crippen LogP contribution in [-0.4, -0.2) is 40.9 Å². The van der Waals surface area contributed by atoms with Crippen LogP contribution in [0.25, 0.3) is 0 Å². The first-order valence-corrected chi connectivity index (χ1v) is 6.27. The van der Waals surface area contributed by atoms with Crippen LogP contribution in [0.4, 0.5) is 4.79 Å². The van der Waals surface area contributed by atoms with E-state index < -0.39 is 18.0 Å². The molecule has 6 nitrogen and oxygen atoms in total. The Morgan fingerprint density at radius 2 is 1.67 bits per heavy atom. The molecule has 0 aliphatic carbocycles. The summed E-state index contributed by atoms with van der Waals surface area (Å²) in [6.07, 6.45) is 1.85. The predicted molar refractivity (Wildman–Crippen MR) is 68.3 cm³/mol.